The highest BCUT2D eigenvalue weighted by molar-refractivity contribution is 9.10. The fourth-order valence-electron chi connectivity index (χ4n) is 2.33. The lowest BCUT2D eigenvalue weighted by Crippen LogP contribution is -2.39. The maximum absolute atomic E-state index is 12.7. The van der Waals surface area contributed by atoms with Gasteiger partial charge in [-0.1, -0.05) is 28.1 Å². The van der Waals surface area contributed by atoms with Crippen molar-refractivity contribution in [1.82, 2.24) is 10.3 Å². The Balaban J connectivity index is 1.65. The lowest BCUT2D eigenvalue weighted by molar-refractivity contribution is -0.774. The third kappa shape index (κ3) is 4.85. The molecule has 3 aromatic rings. The van der Waals surface area contributed by atoms with Crippen LogP contribution in [0.5, 0.6) is 0 Å². The number of hydrogen-bond donors (Lipinski definition) is 2. The SMILES string of the molecule is C[C@H](c1ccc(Br)cc1)[n+]1cc(NC(=O)Nc2cncc(C(F)(F)F)c2)on1. The van der Waals surface area contributed by atoms with E-state index < -0.39 is 17.8 Å². The molecule has 0 fully saturated rings. The number of hydrogen-bond acceptors (Lipinski definition) is 4. The number of rotatable bonds is 4. The number of benzene rings is 1. The van der Waals surface area contributed by atoms with E-state index in [9.17, 15) is 18.0 Å². The van der Waals surface area contributed by atoms with Gasteiger partial charge < -0.3 is 5.32 Å². The Morgan fingerprint density at radius 1 is 1.21 bits per heavy atom. The van der Waals surface area contributed by atoms with Gasteiger partial charge in [-0.05, 0) is 22.9 Å². The van der Waals surface area contributed by atoms with Crippen molar-refractivity contribution in [2.75, 3.05) is 10.6 Å². The summed E-state index contributed by atoms with van der Waals surface area (Å²) in [5, 5.41) is 8.48. The third-order valence-corrected chi connectivity index (χ3v) is 4.32. The van der Waals surface area contributed by atoms with Crippen LogP contribution in [0.15, 0.2) is 57.9 Å². The van der Waals surface area contributed by atoms with Gasteiger partial charge in [-0.25, -0.2) is 4.79 Å². The monoisotopic (exact) mass is 456 g/mol. The summed E-state index contributed by atoms with van der Waals surface area (Å²) in [4.78, 5) is 15.5. The van der Waals surface area contributed by atoms with Crippen LogP contribution in [0.2, 0.25) is 0 Å². The number of alkyl halides is 3. The Hall–Kier alpha value is -2.95. The Labute approximate surface area is 165 Å². The number of anilines is 2. The average Bonchev–Trinajstić information content (AvgIpc) is 3.09. The number of aromatic nitrogens is 3. The van der Waals surface area contributed by atoms with Crippen molar-refractivity contribution in [3.05, 3.63) is 64.5 Å². The maximum Gasteiger partial charge on any atom is 0.417 e. The second-order valence-electron chi connectivity index (χ2n) is 5.81. The molecule has 2 heterocycles. The van der Waals surface area contributed by atoms with Gasteiger partial charge in [-0.15, -0.1) is 0 Å². The Kier molecular flexibility index (Phi) is 5.63. The minimum atomic E-state index is -4.55. The normalized spacial score (nSPS) is 12.5. The lowest BCUT2D eigenvalue weighted by Gasteiger charge is -2.08. The fraction of sp³-hybridized carbons (Fsp3) is 0.176. The molecule has 0 aliphatic heterocycles. The van der Waals surface area contributed by atoms with Crippen molar-refractivity contribution in [2.45, 2.75) is 19.1 Å². The van der Waals surface area contributed by atoms with Crippen LogP contribution in [0.25, 0.3) is 0 Å². The third-order valence-electron chi connectivity index (χ3n) is 3.79. The lowest BCUT2D eigenvalue weighted by atomic mass is 10.1. The summed E-state index contributed by atoms with van der Waals surface area (Å²) in [6.07, 6.45) is -1.31. The zero-order chi connectivity index (χ0) is 20.3. The number of nitrogens with one attached hydrogen (secondary N) is 2. The van der Waals surface area contributed by atoms with Gasteiger partial charge in [0.2, 0.25) is 11.3 Å². The zero-order valence-corrected chi connectivity index (χ0v) is 16.0. The first-order valence-corrected chi connectivity index (χ1v) is 8.75. The van der Waals surface area contributed by atoms with Crippen LogP contribution >= 0.6 is 15.9 Å². The molecule has 0 aliphatic rings. The Morgan fingerprint density at radius 3 is 2.61 bits per heavy atom. The van der Waals surface area contributed by atoms with E-state index in [2.05, 4.69) is 36.8 Å². The molecule has 0 radical (unpaired) electrons. The van der Waals surface area contributed by atoms with Gasteiger partial charge in [0.05, 0.1) is 17.4 Å². The maximum atomic E-state index is 12.7. The van der Waals surface area contributed by atoms with Crippen LogP contribution in [0.1, 0.15) is 24.1 Å². The molecular formula is C17H14BrF3N5O2+. The number of carbonyl (C=O) groups excluding carboxylic acids is 1. The van der Waals surface area contributed by atoms with Crippen molar-refractivity contribution in [2.24, 2.45) is 0 Å². The van der Waals surface area contributed by atoms with E-state index in [1.165, 1.54) is 10.9 Å². The van der Waals surface area contributed by atoms with Gasteiger partial charge in [0.1, 0.15) is 0 Å². The average molecular weight is 457 g/mol. The summed E-state index contributed by atoms with van der Waals surface area (Å²) < 4.78 is 45.6. The van der Waals surface area contributed by atoms with E-state index >= 15 is 0 Å². The van der Waals surface area contributed by atoms with Crippen molar-refractivity contribution in [1.29, 1.82) is 0 Å². The molecule has 3 rings (SSSR count). The quantitative estimate of drug-likeness (QED) is 0.570. The van der Waals surface area contributed by atoms with E-state index in [0.29, 0.717) is 6.20 Å². The first-order chi connectivity index (χ1) is 13.2. The molecule has 1 aromatic carbocycles. The number of halogens is 4. The Bertz CT molecular complexity index is 975. The molecular weight excluding hydrogens is 443 g/mol. The van der Waals surface area contributed by atoms with Crippen molar-refractivity contribution in [3.8, 4) is 0 Å². The van der Waals surface area contributed by atoms with Crippen molar-refractivity contribution < 1.29 is 27.2 Å². The largest absolute Gasteiger partial charge is 0.417 e. The molecule has 28 heavy (non-hydrogen) atoms. The highest BCUT2D eigenvalue weighted by Gasteiger charge is 2.31. The molecule has 0 unspecified atom stereocenters. The second kappa shape index (κ2) is 7.97. The molecule has 0 aliphatic carbocycles. The predicted octanol–water partition coefficient (Wildman–Crippen LogP) is 4.39. The van der Waals surface area contributed by atoms with Gasteiger partial charge in [-0.3, -0.25) is 14.8 Å². The van der Waals surface area contributed by atoms with Gasteiger partial charge in [0.25, 0.3) is 6.20 Å². The van der Waals surface area contributed by atoms with Crippen LogP contribution in [-0.2, 0) is 6.18 Å². The van der Waals surface area contributed by atoms with Crippen molar-refractivity contribution in [3.63, 3.8) is 0 Å². The van der Waals surface area contributed by atoms with Gasteiger partial charge in [0.15, 0.2) is 0 Å². The molecule has 11 heteroatoms. The second-order valence-corrected chi connectivity index (χ2v) is 6.73. The molecule has 0 saturated carbocycles. The van der Waals surface area contributed by atoms with Crippen LogP contribution < -0.4 is 15.3 Å². The standard InChI is InChI=1S/C17H13BrF3N5O2/c1-10(11-2-4-13(18)5-3-11)26-9-15(28-25-26)24-16(27)23-14-6-12(7-22-8-14)17(19,20)21/h2-10H,1H3,(H-,23,24,25,27)/p+1/t10-/m1/s1. The van der Waals surface area contributed by atoms with Crippen LogP contribution in [-0.4, -0.2) is 16.3 Å². The van der Waals surface area contributed by atoms with Gasteiger partial charge in [-0.2, -0.15) is 13.2 Å². The minimum Gasteiger partial charge on any atom is -0.306 e. The summed E-state index contributed by atoms with van der Waals surface area (Å²) in [5.74, 6) is 0.0291. The predicted molar refractivity (Wildman–Crippen MR) is 96.5 cm³/mol. The molecule has 7 nitrogen and oxygen atoms in total. The summed E-state index contributed by atoms with van der Waals surface area (Å²) in [5.41, 5.74) is -0.110. The smallest absolute Gasteiger partial charge is 0.306 e. The van der Waals surface area contributed by atoms with E-state index in [4.69, 9.17) is 4.52 Å². The molecule has 2 N–H and O–H groups in total. The molecule has 2 aromatic heterocycles. The van der Waals surface area contributed by atoms with Crippen molar-refractivity contribution >= 4 is 33.5 Å². The summed E-state index contributed by atoms with van der Waals surface area (Å²) in [6, 6.07) is 7.43. The van der Waals surface area contributed by atoms with Crippen LogP contribution in [0.4, 0.5) is 29.5 Å². The summed E-state index contributed by atoms with van der Waals surface area (Å²) in [6.45, 7) is 1.89. The van der Waals surface area contributed by atoms with E-state index in [1.807, 2.05) is 31.2 Å². The highest BCUT2D eigenvalue weighted by atomic mass is 79.9. The molecule has 0 spiro atoms. The van der Waals surface area contributed by atoms with Gasteiger partial charge in [0, 0.05) is 23.2 Å². The van der Waals surface area contributed by atoms with Crippen LogP contribution in [0, 0.1) is 0 Å². The first kappa shape index (κ1) is 19.8. The first-order valence-electron chi connectivity index (χ1n) is 7.96. The zero-order valence-electron chi connectivity index (χ0n) is 14.4. The van der Waals surface area contributed by atoms with E-state index in [1.54, 1.807) is 0 Å². The summed E-state index contributed by atoms with van der Waals surface area (Å²) in [7, 11) is 0. The molecule has 1 atom stereocenters. The molecule has 146 valence electrons. The molecule has 0 bridgehead atoms. The minimum absolute atomic E-state index is 0.0291. The van der Waals surface area contributed by atoms with Crippen LogP contribution in [0.3, 0.4) is 0 Å². The molecule has 2 amide bonds. The number of carbonyl (C=O) groups is 1. The number of urea groups is 1. The highest BCUT2D eigenvalue weighted by Crippen LogP contribution is 2.29. The van der Waals surface area contributed by atoms with E-state index in [0.717, 1.165) is 22.3 Å². The topological polar surface area (TPSA) is 83.9 Å². The van der Waals surface area contributed by atoms with E-state index in [-0.39, 0.29) is 17.6 Å². The number of nitrogens with zero attached hydrogens (tertiary/aromatic N) is 3. The van der Waals surface area contributed by atoms with Gasteiger partial charge >= 0.3 is 18.1 Å². The fourth-order valence-corrected chi connectivity index (χ4v) is 2.59. The number of amides is 2. The number of pyridine rings is 1. The Morgan fingerprint density at radius 2 is 1.93 bits per heavy atom. The summed E-state index contributed by atoms with van der Waals surface area (Å²) >= 11 is 3.36. The molecule has 0 saturated heterocycles.